The minimum atomic E-state index is 0.0369. The monoisotopic (exact) mass is 267 g/mol. The fraction of sp³-hybridized carbons (Fsp3) is 0.308. The van der Waals surface area contributed by atoms with Gasteiger partial charge < -0.3 is 5.73 Å². The maximum atomic E-state index is 12.3. The zero-order chi connectivity index (χ0) is 12.8. The highest BCUT2D eigenvalue weighted by Gasteiger charge is 2.15. The number of rotatable bonds is 5. The molecule has 2 nitrogen and oxygen atoms in total. The maximum absolute atomic E-state index is 12.3. The van der Waals surface area contributed by atoms with E-state index in [0.717, 1.165) is 9.80 Å². The van der Waals surface area contributed by atoms with Crippen molar-refractivity contribution in [2.75, 3.05) is 19.1 Å². The lowest BCUT2D eigenvalue weighted by Gasteiger charge is -2.09. The minimum Gasteiger partial charge on any atom is -0.326 e. The molecule has 0 radical (unpaired) electrons. The molecule has 0 amide bonds. The van der Waals surface area contributed by atoms with E-state index in [2.05, 4.69) is 0 Å². The number of nitrogens with two attached hydrogens (primary N) is 1. The van der Waals surface area contributed by atoms with Gasteiger partial charge >= 0.3 is 0 Å². The van der Waals surface area contributed by atoms with Gasteiger partial charge in [0.1, 0.15) is 0 Å². The first kappa shape index (κ1) is 14.4. The summed E-state index contributed by atoms with van der Waals surface area (Å²) < 4.78 is 0.999. The second kappa shape index (κ2) is 6.89. The molecule has 0 aromatic heterocycles. The highest BCUT2D eigenvalue weighted by atomic mass is 32.2. The third kappa shape index (κ3) is 3.63. The molecule has 17 heavy (non-hydrogen) atoms. The Balaban J connectivity index is 3.14. The van der Waals surface area contributed by atoms with Crippen molar-refractivity contribution < 1.29 is 4.79 Å². The molecule has 0 heterocycles. The van der Waals surface area contributed by atoms with Crippen LogP contribution < -0.4 is 5.73 Å². The van der Waals surface area contributed by atoms with Gasteiger partial charge in [0.25, 0.3) is 0 Å². The van der Waals surface area contributed by atoms with Crippen molar-refractivity contribution >= 4 is 29.3 Å². The summed E-state index contributed by atoms with van der Waals surface area (Å²) in [7, 11) is 0. The van der Waals surface area contributed by atoms with E-state index in [1.165, 1.54) is 0 Å². The van der Waals surface area contributed by atoms with Crippen molar-refractivity contribution in [3.05, 3.63) is 45.2 Å². The van der Waals surface area contributed by atoms with Crippen molar-refractivity contribution in [2.45, 2.75) is 6.92 Å². The number of benzene rings is 1. The van der Waals surface area contributed by atoms with Crippen LogP contribution in [0.3, 0.4) is 0 Å². The van der Waals surface area contributed by atoms with Gasteiger partial charge in [-0.25, -0.2) is 0 Å². The molecule has 1 aromatic rings. The van der Waals surface area contributed by atoms with Crippen LogP contribution in [0, 0.1) is 6.92 Å². The van der Waals surface area contributed by atoms with Crippen molar-refractivity contribution in [1.82, 2.24) is 0 Å². The molecule has 0 bridgehead atoms. The van der Waals surface area contributed by atoms with Crippen molar-refractivity contribution in [3.63, 3.8) is 0 Å². The summed E-state index contributed by atoms with van der Waals surface area (Å²) in [6, 6.07) is 7.61. The molecule has 0 fully saturated rings. The van der Waals surface area contributed by atoms with Crippen molar-refractivity contribution in [2.24, 2.45) is 5.73 Å². The van der Waals surface area contributed by atoms with Gasteiger partial charge in [-0.3, -0.25) is 4.79 Å². The van der Waals surface area contributed by atoms with Crippen LogP contribution in [0.4, 0.5) is 0 Å². The number of carbonyl (C=O) groups is 1. The van der Waals surface area contributed by atoms with Crippen LogP contribution in [0.15, 0.2) is 34.1 Å². The Morgan fingerprint density at radius 1 is 1.29 bits per heavy atom. The number of hydrogen-bond donors (Lipinski definition) is 1. The lowest BCUT2D eigenvalue weighted by molar-refractivity contribution is 0.103. The molecule has 0 spiro atoms. The van der Waals surface area contributed by atoms with E-state index < -0.39 is 0 Å². The molecule has 4 heteroatoms. The van der Waals surface area contributed by atoms with Crippen LogP contribution >= 0.6 is 23.5 Å². The molecule has 0 aliphatic rings. The van der Waals surface area contributed by atoms with Crippen molar-refractivity contribution in [1.29, 1.82) is 0 Å². The van der Waals surface area contributed by atoms with Gasteiger partial charge in [-0.15, -0.1) is 23.5 Å². The van der Waals surface area contributed by atoms with Gasteiger partial charge in [0, 0.05) is 21.9 Å². The van der Waals surface area contributed by atoms with Gasteiger partial charge in [-0.1, -0.05) is 23.8 Å². The summed E-state index contributed by atoms with van der Waals surface area (Å²) in [5.74, 6) is 0.0369. The van der Waals surface area contributed by atoms with Gasteiger partial charge in [0.15, 0.2) is 5.78 Å². The number of carbonyl (C=O) groups excluding carboxylic acids is 1. The molecule has 0 saturated carbocycles. The number of thioether (sulfide) groups is 2. The summed E-state index contributed by atoms with van der Waals surface area (Å²) in [6.45, 7) is 2.26. The lowest BCUT2D eigenvalue weighted by atomic mass is 10.0. The highest BCUT2D eigenvalue weighted by Crippen LogP contribution is 2.28. The highest BCUT2D eigenvalue weighted by molar-refractivity contribution is 8.21. The summed E-state index contributed by atoms with van der Waals surface area (Å²) in [6.07, 6.45) is 3.93. The Kier molecular flexibility index (Phi) is 5.82. The molecule has 0 aliphatic heterocycles. The molecule has 0 aliphatic carbocycles. The first-order valence-electron chi connectivity index (χ1n) is 5.26. The molecule has 2 N–H and O–H groups in total. The third-order valence-electron chi connectivity index (χ3n) is 2.38. The minimum absolute atomic E-state index is 0.0369. The third-order valence-corrected chi connectivity index (χ3v) is 4.61. The number of hydrogen-bond acceptors (Lipinski definition) is 4. The molecule has 92 valence electrons. The summed E-state index contributed by atoms with van der Waals surface area (Å²) in [5.41, 5.74) is 8.20. The van der Waals surface area contributed by atoms with Crippen molar-refractivity contribution in [3.8, 4) is 0 Å². The van der Waals surface area contributed by atoms with Crippen LogP contribution in [0.2, 0.25) is 0 Å². The zero-order valence-corrected chi connectivity index (χ0v) is 12.0. The van der Waals surface area contributed by atoms with Crippen LogP contribution in [0.1, 0.15) is 15.9 Å². The van der Waals surface area contributed by atoms with E-state index in [1.807, 2.05) is 43.7 Å². The number of ketones is 1. The standard InChI is InChI=1S/C13H17NOS2/c1-9-5-4-6-10(7-9)12(15)11(8-14)13(16-2)17-3/h4-7H,8,14H2,1-3H3. The Morgan fingerprint density at radius 3 is 2.41 bits per heavy atom. The molecule has 0 saturated heterocycles. The molecule has 1 rings (SSSR count). The Bertz CT molecular complexity index is 435. The molecule has 0 atom stereocenters. The first-order valence-corrected chi connectivity index (χ1v) is 7.71. The zero-order valence-electron chi connectivity index (χ0n) is 10.3. The Morgan fingerprint density at radius 2 is 1.94 bits per heavy atom. The summed E-state index contributed by atoms with van der Waals surface area (Å²) in [4.78, 5) is 12.3. The first-order chi connectivity index (χ1) is 8.13. The SMILES string of the molecule is CSC(SC)=C(CN)C(=O)c1cccc(C)c1. The van der Waals surface area contributed by atoms with Gasteiger partial charge in [-0.05, 0) is 25.5 Å². The average Bonchev–Trinajstić information content (AvgIpc) is 2.35. The molecule has 1 aromatic carbocycles. The predicted molar refractivity (Wildman–Crippen MR) is 78.6 cm³/mol. The van der Waals surface area contributed by atoms with Crippen LogP contribution in [-0.2, 0) is 0 Å². The lowest BCUT2D eigenvalue weighted by Crippen LogP contribution is -2.14. The van der Waals surface area contributed by atoms with E-state index in [0.29, 0.717) is 11.1 Å². The topological polar surface area (TPSA) is 43.1 Å². The van der Waals surface area contributed by atoms with Crippen LogP contribution in [-0.4, -0.2) is 24.8 Å². The summed E-state index contributed by atoms with van der Waals surface area (Å²) in [5, 5.41) is 0. The quantitative estimate of drug-likeness (QED) is 0.657. The number of Topliss-reactive ketones (excluding diaryl/α,β-unsaturated/α-hetero) is 1. The Hall–Kier alpha value is -0.710. The van der Waals surface area contributed by atoms with Gasteiger partial charge in [-0.2, -0.15) is 0 Å². The molecular weight excluding hydrogens is 250 g/mol. The number of aryl methyl sites for hydroxylation is 1. The molecular formula is C13H17NOS2. The van der Waals surface area contributed by atoms with E-state index in [9.17, 15) is 4.79 Å². The average molecular weight is 267 g/mol. The van der Waals surface area contributed by atoms with E-state index in [4.69, 9.17) is 5.73 Å². The molecule has 0 unspecified atom stereocenters. The fourth-order valence-corrected chi connectivity index (χ4v) is 3.07. The van der Waals surface area contributed by atoms with E-state index in [-0.39, 0.29) is 12.3 Å². The van der Waals surface area contributed by atoms with Gasteiger partial charge in [0.05, 0.1) is 0 Å². The van der Waals surface area contributed by atoms with E-state index >= 15 is 0 Å². The second-order valence-corrected chi connectivity index (χ2v) is 5.47. The Labute approximate surface area is 111 Å². The smallest absolute Gasteiger partial charge is 0.191 e. The maximum Gasteiger partial charge on any atom is 0.191 e. The predicted octanol–water partition coefficient (Wildman–Crippen LogP) is 3.07. The van der Waals surface area contributed by atoms with E-state index in [1.54, 1.807) is 23.5 Å². The van der Waals surface area contributed by atoms with Gasteiger partial charge in [0.2, 0.25) is 0 Å². The normalized spacial score (nSPS) is 10.1. The van der Waals surface area contributed by atoms with Crippen LogP contribution in [0.5, 0.6) is 0 Å². The fourth-order valence-electron chi connectivity index (χ4n) is 1.56. The largest absolute Gasteiger partial charge is 0.326 e. The van der Waals surface area contributed by atoms with Crippen LogP contribution in [0.25, 0.3) is 0 Å². The second-order valence-electron chi connectivity index (χ2n) is 3.58. The summed E-state index contributed by atoms with van der Waals surface area (Å²) >= 11 is 3.14.